The zero-order valence-electron chi connectivity index (χ0n) is 19.1. The maximum Gasteiger partial charge on any atom is 0.233 e. The number of rotatable bonds is 4. The fourth-order valence-corrected chi connectivity index (χ4v) is 5.86. The molecule has 1 aromatic heterocycles. The van der Waals surface area contributed by atoms with E-state index in [0.29, 0.717) is 27.9 Å². The molecular weight excluding hydrogens is 436 g/mol. The van der Waals surface area contributed by atoms with Crippen molar-refractivity contribution in [3.63, 3.8) is 0 Å². The predicted octanol–water partition coefficient (Wildman–Crippen LogP) is 4.02. The van der Waals surface area contributed by atoms with Gasteiger partial charge in [0.25, 0.3) is 0 Å². The van der Waals surface area contributed by atoms with Gasteiger partial charge in [-0.25, -0.2) is 0 Å². The van der Waals surface area contributed by atoms with Crippen LogP contribution in [0.25, 0.3) is 0 Å². The Morgan fingerprint density at radius 2 is 1.94 bits per heavy atom. The van der Waals surface area contributed by atoms with Crippen molar-refractivity contribution >= 4 is 23.1 Å². The van der Waals surface area contributed by atoms with Crippen LogP contribution in [0.4, 0.5) is 11.5 Å². The molecule has 0 saturated carbocycles. The summed E-state index contributed by atoms with van der Waals surface area (Å²) in [4.78, 5) is 4.80. The lowest BCUT2D eigenvalue weighted by Gasteiger charge is -2.39. The van der Waals surface area contributed by atoms with E-state index >= 15 is 0 Å². The van der Waals surface area contributed by atoms with E-state index in [2.05, 4.69) is 38.3 Å². The number of benzene rings is 1. The van der Waals surface area contributed by atoms with Gasteiger partial charge in [0.05, 0.1) is 10.6 Å². The minimum atomic E-state index is 0.236. The first-order chi connectivity index (χ1) is 16.0. The topological polar surface area (TPSA) is 77.3 Å². The Morgan fingerprint density at radius 1 is 1.15 bits per heavy atom. The molecule has 1 aromatic carbocycles. The number of aromatic nitrogens is 2. The molecule has 2 aromatic rings. The standard InChI is InChI=1S/C25H31ClN6O/c1-18-15-25(17-32(18)20-3-2-19(16-27)22(26)14-20)8-12-31(13-9-25)23-4-5-24(30-29-23)33-21-6-10-28-11-7-21/h2-5,14,18,21,28H,6-13,15,17H2,1H3/t18-/m0/s1. The van der Waals surface area contributed by atoms with Crippen molar-refractivity contribution in [2.45, 2.75) is 51.2 Å². The van der Waals surface area contributed by atoms with Crippen molar-refractivity contribution in [1.29, 1.82) is 5.26 Å². The largest absolute Gasteiger partial charge is 0.473 e. The first-order valence-electron chi connectivity index (χ1n) is 12.0. The molecule has 33 heavy (non-hydrogen) atoms. The molecule has 0 amide bonds. The Hall–Kier alpha value is -2.56. The summed E-state index contributed by atoms with van der Waals surface area (Å²) in [6.45, 7) is 7.29. The van der Waals surface area contributed by atoms with Crippen LogP contribution in [0.2, 0.25) is 5.02 Å². The molecule has 1 spiro atoms. The molecule has 8 heteroatoms. The lowest BCUT2D eigenvalue weighted by Crippen LogP contribution is -2.42. The van der Waals surface area contributed by atoms with Crippen molar-refractivity contribution in [2.75, 3.05) is 42.5 Å². The maximum atomic E-state index is 9.16. The monoisotopic (exact) mass is 466 g/mol. The van der Waals surface area contributed by atoms with E-state index < -0.39 is 0 Å². The summed E-state index contributed by atoms with van der Waals surface area (Å²) >= 11 is 6.31. The van der Waals surface area contributed by atoms with Crippen molar-refractivity contribution in [3.8, 4) is 11.9 Å². The highest BCUT2D eigenvalue weighted by atomic mass is 35.5. The Labute approximate surface area is 200 Å². The number of ether oxygens (including phenoxy) is 1. The number of piperidine rings is 2. The van der Waals surface area contributed by atoms with Crippen LogP contribution in [0.1, 0.15) is 44.6 Å². The second-order valence-corrected chi connectivity index (χ2v) is 10.1. The van der Waals surface area contributed by atoms with E-state index in [9.17, 15) is 0 Å². The Kier molecular flexibility index (Phi) is 6.31. The average Bonchev–Trinajstić information content (AvgIpc) is 3.16. The fraction of sp³-hybridized carbons (Fsp3) is 0.560. The van der Waals surface area contributed by atoms with Crippen LogP contribution < -0.4 is 19.9 Å². The van der Waals surface area contributed by atoms with Crippen LogP contribution >= 0.6 is 11.6 Å². The van der Waals surface area contributed by atoms with Crippen molar-refractivity contribution in [3.05, 3.63) is 40.9 Å². The quantitative estimate of drug-likeness (QED) is 0.729. The van der Waals surface area contributed by atoms with E-state index in [1.807, 2.05) is 30.3 Å². The molecular formula is C25H31ClN6O. The Bertz CT molecular complexity index is 1010. The molecule has 3 saturated heterocycles. The van der Waals surface area contributed by atoms with Gasteiger partial charge >= 0.3 is 0 Å². The third kappa shape index (κ3) is 4.73. The van der Waals surface area contributed by atoms with E-state index in [1.54, 1.807) is 0 Å². The summed E-state index contributed by atoms with van der Waals surface area (Å²) in [5.74, 6) is 1.56. The number of halogens is 1. The first-order valence-corrected chi connectivity index (χ1v) is 12.4. The van der Waals surface area contributed by atoms with Crippen LogP contribution in [0, 0.1) is 16.7 Å². The smallest absolute Gasteiger partial charge is 0.233 e. The van der Waals surface area contributed by atoms with Crippen molar-refractivity contribution in [2.24, 2.45) is 5.41 Å². The molecule has 3 aliphatic heterocycles. The summed E-state index contributed by atoms with van der Waals surface area (Å²) in [5, 5.41) is 21.9. The Morgan fingerprint density at radius 3 is 2.61 bits per heavy atom. The van der Waals surface area contributed by atoms with Crippen molar-refractivity contribution < 1.29 is 4.74 Å². The summed E-state index contributed by atoms with van der Waals surface area (Å²) in [7, 11) is 0. The highest BCUT2D eigenvalue weighted by molar-refractivity contribution is 6.32. The number of nitrogens with one attached hydrogen (secondary N) is 1. The summed E-state index contributed by atoms with van der Waals surface area (Å²) in [6, 6.07) is 12.4. The number of anilines is 2. The zero-order valence-corrected chi connectivity index (χ0v) is 19.9. The second kappa shape index (κ2) is 9.36. The molecule has 3 aliphatic rings. The van der Waals surface area contributed by atoms with Gasteiger partial charge in [-0.2, -0.15) is 5.26 Å². The first kappa shape index (κ1) is 22.2. The van der Waals surface area contributed by atoms with Gasteiger partial charge in [0.2, 0.25) is 5.88 Å². The minimum Gasteiger partial charge on any atom is -0.473 e. The van der Waals surface area contributed by atoms with Gasteiger partial charge < -0.3 is 19.9 Å². The zero-order chi connectivity index (χ0) is 22.8. The van der Waals surface area contributed by atoms with Gasteiger partial charge in [-0.1, -0.05) is 11.6 Å². The van der Waals surface area contributed by atoms with Gasteiger partial charge in [0.15, 0.2) is 5.82 Å². The molecule has 3 fully saturated rings. The minimum absolute atomic E-state index is 0.236. The lowest BCUT2D eigenvalue weighted by atomic mass is 9.77. The number of hydrogen-bond donors (Lipinski definition) is 1. The third-order valence-electron chi connectivity index (χ3n) is 7.52. The summed E-state index contributed by atoms with van der Waals surface area (Å²) in [6.07, 6.45) is 5.70. The van der Waals surface area contributed by atoms with E-state index in [-0.39, 0.29) is 6.10 Å². The van der Waals surface area contributed by atoms with Crippen LogP contribution in [0.3, 0.4) is 0 Å². The molecule has 0 unspecified atom stereocenters. The van der Waals surface area contributed by atoms with Crippen molar-refractivity contribution in [1.82, 2.24) is 15.5 Å². The van der Waals surface area contributed by atoms with Gasteiger partial charge in [-0.3, -0.25) is 0 Å². The highest BCUT2D eigenvalue weighted by Crippen LogP contribution is 2.45. The average molecular weight is 467 g/mol. The number of hydrogen-bond acceptors (Lipinski definition) is 7. The van der Waals surface area contributed by atoms with Gasteiger partial charge in [-0.05, 0) is 81.8 Å². The maximum absolute atomic E-state index is 9.16. The molecule has 0 radical (unpaired) electrons. The summed E-state index contributed by atoms with van der Waals surface area (Å²) < 4.78 is 6.00. The predicted molar refractivity (Wildman–Crippen MR) is 130 cm³/mol. The Balaban J connectivity index is 1.19. The van der Waals surface area contributed by atoms with E-state index in [1.165, 1.54) is 6.42 Å². The highest BCUT2D eigenvalue weighted by Gasteiger charge is 2.44. The van der Waals surface area contributed by atoms with Crippen LogP contribution in [-0.2, 0) is 0 Å². The second-order valence-electron chi connectivity index (χ2n) is 9.74. The molecule has 0 aliphatic carbocycles. The molecule has 174 valence electrons. The lowest BCUT2D eigenvalue weighted by molar-refractivity contribution is 0.154. The van der Waals surface area contributed by atoms with Crippen LogP contribution in [0.15, 0.2) is 30.3 Å². The molecule has 0 bridgehead atoms. The summed E-state index contributed by atoms with van der Waals surface area (Å²) in [5.41, 5.74) is 1.95. The normalized spacial score (nSPS) is 23.0. The van der Waals surface area contributed by atoms with E-state index in [0.717, 1.165) is 69.9 Å². The molecule has 7 nitrogen and oxygen atoms in total. The van der Waals surface area contributed by atoms with E-state index in [4.69, 9.17) is 21.6 Å². The van der Waals surface area contributed by atoms with Gasteiger partial charge in [0.1, 0.15) is 12.2 Å². The molecule has 4 heterocycles. The molecule has 1 atom stereocenters. The van der Waals surface area contributed by atoms with Crippen LogP contribution in [0.5, 0.6) is 5.88 Å². The van der Waals surface area contributed by atoms with Crippen LogP contribution in [-0.4, -0.2) is 55.1 Å². The third-order valence-corrected chi connectivity index (χ3v) is 7.83. The molecule has 1 N–H and O–H groups in total. The number of nitrogens with zero attached hydrogens (tertiary/aromatic N) is 5. The van der Waals surface area contributed by atoms with Gasteiger partial charge in [0, 0.05) is 37.4 Å². The number of nitriles is 1. The molecule has 5 rings (SSSR count). The SMILES string of the molecule is C[C@H]1CC2(CCN(c3ccc(OC4CCNCC4)nn3)CC2)CN1c1ccc(C#N)c(Cl)c1. The fourth-order valence-electron chi connectivity index (χ4n) is 5.64. The van der Waals surface area contributed by atoms with Gasteiger partial charge in [-0.15, -0.1) is 10.2 Å².